The average Bonchev–Trinajstić information content (AvgIpc) is 1.94. The lowest BCUT2D eigenvalue weighted by Crippen LogP contribution is -1.89. The third kappa shape index (κ3) is 2.19. The Morgan fingerprint density at radius 1 is 1.27 bits per heavy atom. The number of benzene rings is 1. The Morgan fingerprint density at radius 2 is 1.91 bits per heavy atom. The Bertz CT molecular complexity index is 251. The van der Waals surface area contributed by atoms with Gasteiger partial charge in [-0.15, -0.1) is 0 Å². The molecule has 0 unspecified atom stereocenters. The molecule has 0 aliphatic carbocycles. The van der Waals surface area contributed by atoms with Crippen LogP contribution in [-0.2, 0) is 0 Å². The Kier molecular flexibility index (Phi) is 2.93. The Morgan fingerprint density at radius 3 is 2.36 bits per heavy atom. The van der Waals surface area contributed by atoms with E-state index < -0.39 is 0 Å². The molecule has 1 aromatic carbocycles. The standard InChI is InChI=1S/C10H13I/c1-7(2)9-4-5-10(11)8(3)6-9/h4-7H,1-3H3. The van der Waals surface area contributed by atoms with E-state index >= 15 is 0 Å². The van der Waals surface area contributed by atoms with E-state index in [-0.39, 0.29) is 0 Å². The molecule has 60 valence electrons. The van der Waals surface area contributed by atoms with Crippen molar-refractivity contribution in [1.82, 2.24) is 0 Å². The molecule has 0 spiro atoms. The number of rotatable bonds is 1. The molecule has 0 atom stereocenters. The van der Waals surface area contributed by atoms with E-state index in [9.17, 15) is 0 Å². The highest BCUT2D eigenvalue weighted by atomic mass is 127. The van der Waals surface area contributed by atoms with Crippen LogP contribution in [-0.4, -0.2) is 0 Å². The second-order valence-electron chi connectivity index (χ2n) is 3.16. The summed E-state index contributed by atoms with van der Waals surface area (Å²) in [6.07, 6.45) is 0. The molecule has 0 N–H and O–H groups in total. The Balaban J connectivity index is 3.05. The van der Waals surface area contributed by atoms with Gasteiger partial charge >= 0.3 is 0 Å². The Hall–Kier alpha value is -0.0500. The fourth-order valence-corrected chi connectivity index (χ4v) is 1.36. The van der Waals surface area contributed by atoms with E-state index in [2.05, 4.69) is 61.6 Å². The lowest BCUT2D eigenvalue weighted by Gasteiger charge is -2.06. The van der Waals surface area contributed by atoms with E-state index in [0.29, 0.717) is 5.92 Å². The molecule has 11 heavy (non-hydrogen) atoms. The topological polar surface area (TPSA) is 0 Å². The summed E-state index contributed by atoms with van der Waals surface area (Å²) in [6.45, 7) is 6.61. The zero-order valence-corrected chi connectivity index (χ0v) is 9.34. The van der Waals surface area contributed by atoms with E-state index in [1.807, 2.05) is 0 Å². The average molecular weight is 260 g/mol. The molecule has 0 aliphatic rings. The molecular formula is C10H13I. The van der Waals surface area contributed by atoms with E-state index in [4.69, 9.17) is 0 Å². The minimum Gasteiger partial charge on any atom is -0.0587 e. The highest BCUT2D eigenvalue weighted by Gasteiger charge is 2.00. The molecule has 0 aromatic heterocycles. The first kappa shape index (κ1) is 9.04. The quantitative estimate of drug-likeness (QED) is 0.675. The normalized spacial score (nSPS) is 10.6. The smallest absolute Gasteiger partial charge is 0.0159 e. The van der Waals surface area contributed by atoms with Crippen LogP contribution in [0.25, 0.3) is 0 Å². The van der Waals surface area contributed by atoms with Gasteiger partial charge in [-0.25, -0.2) is 0 Å². The summed E-state index contributed by atoms with van der Waals surface area (Å²) < 4.78 is 1.35. The van der Waals surface area contributed by atoms with Gasteiger partial charge in [0.05, 0.1) is 0 Å². The molecule has 1 rings (SSSR count). The van der Waals surface area contributed by atoms with Gasteiger partial charge in [0.15, 0.2) is 0 Å². The molecule has 0 heterocycles. The Labute approximate surface area is 82.2 Å². The molecule has 0 radical (unpaired) electrons. The van der Waals surface area contributed by atoms with Crippen LogP contribution in [0.5, 0.6) is 0 Å². The zero-order valence-electron chi connectivity index (χ0n) is 7.19. The SMILES string of the molecule is Cc1cc(C(C)C)ccc1I. The molecule has 0 amide bonds. The lowest BCUT2D eigenvalue weighted by molar-refractivity contribution is 0.864. The van der Waals surface area contributed by atoms with Gasteiger partial charge in [0, 0.05) is 3.57 Å². The first-order valence-corrected chi connectivity index (χ1v) is 4.95. The summed E-state index contributed by atoms with van der Waals surface area (Å²) in [4.78, 5) is 0. The van der Waals surface area contributed by atoms with E-state index in [1.165, 1.54) is 14.7 Å². The molecular weight excluding hydrogens is 247 g/mol. The van der Waals surface area contributed by atoms with Crippen molar-refractivity contribution in [3.8, 4) is 0 Å². The lowest BCUT2D eigenvalue weighted by atomic mass is 10.0. The molecule has 0 nitrogen and oxygen atoms in total. The van der Waals surface area contributed by atoms with Crippen molar-refractivity contribution < 1.29 is 0 Å². The van der Waals surface area contributed by atoms with Crippen LogP contribution in [0.1, 0.15) is 30.9 Å². The summed E-state index contributed by atoms with van der Waals surface area (Å²) in [5, 5.41) is 0. The maximum atomic E-state index is 2.36. The monoisotopic (exact) mass is 260 g/mol. The van der Waals surface area contributed by atoms with Gasteiger partial charge in [-0.3, -0.25) is 0 Å². The van der Waals surface area contributed by atoms with Gasteiger partial charge in [-0.05, 0) is 52.6 Å². The fraction of sp³-hybridized carbons (Fsp3) is 0.400. The minimum absolute atomic E-state index is 0.644. The predicted octanol–water partition coefficient (Wildman–Crippen LogP) is 3.72. The van der Waals surface area contributed by atoms with Crippen molar-refractivity contribution >= 4 is 22.6 Å². The van der Waals surface area contributed by atoms with Gasteiger partial charge in [0.25, 0.3) is 0 Å². The summed E-state index contributed by atoms with van der Waals surface area (Å²) in [5.41, 5.74) is 2.82. The van der Waals surface area contributed by atoms with Crippen molar-refractivity contribution in [1.29, 1.82) is 0 Å². The van der Waals surface area contributed by atoms with Gasteiger partial charge < -0.3 is 0 Å². The minimum atomic E-state index is 0.644. The summed E-state index contributed by atoms with van der Waals surface area (Å²) in [6, 6.07) is 6.66. The van der Waals surface area contributed by atoms with Gasteiger partial charge in [0.1, 0.15) is 0 Å². The first-order valence-electron chi connectivity index (χ1n) is 3.87. The third-order valence-corrected chi connectivity index (χ3v) is 3.06. The second-order valence-corrected chi connectivity index (χ2v) is 4.33. The van der Waals surface area contributed by atoms with Crippen molar-refractivity contribution in [3.05, 3.63) is 32.9 Å². The van der Waals surface area contributed by atoms with Crippen LogP contribution in [0, 0.1) is 10.5 Å². The van der Waals surface area contributed by atoms with Crippen LogP contribution in [0.4, 0.5) is 0 Å². The van der Waals surface area contributed by atoms with Crippen molar-refractivity contribution in [2.75, 3.05) is 0 Å². The van der Waals surface area contributed by atoms with E-state index in [0.717, 1.165) is 0 Å². The number of halogens is 1. The highest BCUT2D eigenvalue weighted by molar-refractivity contribution is 14.1. The van der Waals surface area contributed by atoms with Crippen LogP contribution in [0.3, 0.4) is 0 Å². The van der Waals surface area contributed by atoms with Crippen LogP contribution >= 0.6 is 22.6 Å². The maximum absolute atomic E-state index is 2.36. The molecule has 0 saturated heterocycles. The first-order chi connectivity index (χ1) is 5.11. The molecule has 0 aliphatic heterocycles. The van der Waals surface area contributed by atoms with Crippen molar-refractivity contribution in [2.24, 2.45) is 0 Å². The fourth-order valence-electron chi connectivity index (χ4n) is 1.03. The highest BCUT2D eigenvalue weighted by Crippen LogP contribution is 2.19. The summed E-state index contributed by atoms with van der Waals surface area (Å²) in [7, 11) is 0. The molecule has 0 fully saturated rings. The van der Waals surface area contributed by atoms with Gasteiger partial charge in [-0.1, -0.05) is 26.0 Å². The molecule has 0 saturated carbocycles. The van der Waals surface area contributed by atoms with Crippen LogP contribution in [0.15, 0.2) is 18.2 Å². The molecule has 1 aromatic rings. The van der Waals surface area contributed by atoms with Crippen LogP contribution in [0.2, 0.25) is 0 Å². The maximum Gasteiger partial charge on any atom is 0.0159 e. The molecule has 0 bridgehead atoms. The van der Waals surface area contributed by atoms with Crippen molar-refractivity contribution in [3.63, 3.8) is 0 Å². The largest absolute Gasteiger partial charge is 0.0587 e. The van der Waals surface area contributed by atoms with Crippen molar-refractivity contribution in [2.45, 2.75) is 26.7 Å². The number of aryl methyl sites for hydroxylation is 1. The second kappa shape index (κ2) is 3.57. The van der Waals surface area contributed by atoms with Gasteiger partial charge in [0.2, 0.25) is 0 Å². The molecule has 1 heteroatoms. The zero-order chi connectivity index (χ0) is 8.43. The number of hydrogen-bond acceptors (Lipinski definition) is 0. The summed E-state index contributed by atoms with van der Waals surface area (Å²) >= 11 is 2.36. The summed E-state index contributed by atoms with van der Waals surface area (Å²) in [5.74, 6) is 0.644. The third-order valence-electron chi connectivity index (χ3n) is 1.85. The number of hydrogen-bond donors (Lipinski definition) is 0. The van der Waals surface area contributed by atoms with Crippen LogP contribution < -0.4 is 0 Å². The van der Waals surface area contributed by atoms with E-state index in [1.54, 1.807) is 0 Å². The predicted molar refractivity (Wildman–Crippen MR) is 58.0 cm³/mol. The van der Waals surface area contributed by atoms with Gasteiger partial charge in [-0.2, -0.15) is 0 Å².